The molecule has 0 saturated carbocycles. The van der Waals surface area contributed by atoms with Gasteiger partial charge in [0.25, 0.3) is 9.84 Å². The standard InChI is InChI=1S/C28H19F6N4O6S/c29-27(30,31)25(40)44-38(16-17-12-14-36-22-7-2-1-6-21(17)22)23(15-18-5-3-4-13-35-18)24(39)37(26(38)41)19-8-10-20(11-9-19)45(42,43)28(32,33)34/h1-14,23H,15-16H2/q+1. The Hall–Kier alpha value is -4.90. The highest BCUT2D eigenvalue weighted by Gasteiger charge is 2.67. The Morgan fingerprint density at radius 1 is 0.867 bits per heavy atom. The van der Waals surface area contributed by atoms with Crippen LogP contribution in [-0.4, -0.2) is 58.7 Å². The van der Waals surface area contributed by atoms with Gasteiger partial charge in [-0.25, -0.2) is 18.0 Å². The van der Waals surface area contributed by atoms with Crippen LogP contribution in [0.4, 0.5) is 36.8 Å². The summed E-state index contributed by atoms with van der Waals surface area (Å²) in [6.45, 7) is -0.802. The summed E-state index contributed by atoms with van der Waals surface area (Å²) in [7, 11) is -5.81. The maximum absolute atomic E-state index is 14.2. The molecule has 1 fully saturated rings. The van der Waals surface area contributed by atoms with E-state index in [0.717, 1.165) is 0 Å². The summed E-state index contributed by atoms with van der Waals surface area (Å²) in [6, 6.07) is 11.2. The van der Waals surface area contributed by atoms with E-state index in [9.17, 15) is 49.1 Å². The molecule has 1 aliphatic rings. The molecule has 234 valence electrons. The third-order valence-electron chi connectivity index (χ3n) is 6.98. The van der Waals surface area contributed by atoms with Crippen LogP contribution in [-0.2, 0) is 37.2 Å². The number of carbonyl (C=O) groups is 3. The van der Waals surface area contributed by atoms with Gasteiger partial charge in [-0.15, -0.1) is 0 Å². The zero-order valence-corrected chi connectivity index (χ0v) is 23.3. The number of rotatable bonds is 7. The van der Waals surface area contributed by atoms with E-state index in [2.05, 4.69) is 9.97 Å². The van der Waals surface area contributed by atoms with Crippen molar-refractivity contribution >= 4 is 44.3 Å². The monoisotopic (exact) mass is 653 g/mol. The zero-order valence-electron chi connectivity index (χ0n) is 22.5. The van der Waals surface area contributed by atoms with Crippen molar-refractivity contribution in [1.29, 1.82) is 0 Å². The topological polar surface area (TPSA) is 124 Å². The van der Waals surface area contributed by atoms with Crippen LogP contribution < -0.4 is 4.90 Å². The molecule has 2 aromatic heterocycles. The number of alkyl halides is 6. The molecule has 2 unspecified atom stereocenters. The number of halogens is 6. The van der Waals surface area contributed by atoms with Crippen molar-refractivity contribution in [2.45, 2.75) is 35.6 Å². The number of para-hydroxylation sites is 1. The summed E-state index contributed by atoms with van der Waals surface area (Å²) in [5, 5.41) is 0.359. The molecule has 3 amide bonds. The number of hydrogen-bond donors (Lipinski definition) is 0. The van der Waals surface area contributed by atoms with Gasteiger partial charge in [0.05, 0.1) is 22.5 Å². The van der Waals surface area contributed by atoms with E-state index in [4.69, 9.17) is 4.84 Å². The van der Waals surface area contributed by atoms with Crippen LogP contribution in [0.15, 0.2) is 90.1 Å². The molecular weight excluding hydrogens is 634 g/mol. The lowest BCUT2D eigenvalue weighted by Crippen LogP contribution is -2.58. The van der Waals surface area contributed by atoms with Crippen molar-refractivity contribution in [1.82, 2.24) is 9.97 Å². The van der Waals surface area contributed by atoms with Crippen molar-refractivity contribution < 1.29 is 58.6 Å². The number of carbonyl (C=O) groups excluding carboxylic acids is 3. The second-order valence-electron chi connectivity index (χ2n) is 9.76. The molecule has 1 aliphatic heterocycles. The SMILES string of the molecule is O=C1C(Cc2ccccn2)[N+](Cc2ccnc3ccccc23)(OC(=O)C(F)(F)F)C(=O)N1c1ccc(S(=O)(=O)C(F)(F)F)cc1. The highest BCUT2D eigenvalue weighted by Crippen LogP contribution is 2.39. The van der Waals surface area contributed by atoms with Gasteiger partial charge in [0, 0.05) is 29.0 Å². The first-order chi connectivity index (χ1) is 21.1. The van der Waals surface area contributed by atoms with Gasteiger partial charge in [0.1, 0.15) is 0 Å². The number of imide groups is 1. The summed E-state index contributed by atoms with van der Waals surface area (Å²) in [5.41, 5.74) is -5.49. The number of hydrogen-bond acceptors (Lipinski definition) is 8. The third-order valence-corrected chi connectivity index (χ3v) is 8.49. The third kappa shape index (κ3) is 5.71. The minimum absolute atomic E-state index is 0.127. The molecule has 1 saturated heterocycles. The summed E-state index contributed by atoms with van der Waals surface area (Å²) in [5.74, 6) is -3.98. The minimum atomic E-state index is -5.81. The second-order valence-corrected chi connectivity index (χ2v) is 11.7. The Morgan fingerprint density at radius 3 is 2.16 bits per heavy atom. The molecule has 4 aromatic rings. The molecule has 17 heteroatoms. The Bertz CT molecular complexity index is 1900. The van der Waals surface area contributed by atoms with Gasteiger partial charge in [0.15, 0.2) is 6.54 Å². The van der Waals surface area contributed by atoms with E-state index in [1.807, 2.05) is 0 Å². The Kier molecular flexibility index (Phi) is 7.86. The van der Waals surface area contributed by atoms with Crippen LogP contribution >= 0.6 is 0 Å². The predicted molar refractivity (Wildman–Crippen MR) is 142 cm³/mol. The van der Waals surface area contributed by atoms with Crippen molar-refractivity contribution in [2.75, 3.05) is 4.90 Å². The molecular formula is C28H19F6N4O6S+. The average Bonchev–Trinajstić information content (AvgIpc) is 3.17. The molecule has 3 heterocycles. The van der Waals surface area contributed by atoms with Gasteiger partial charge >= 0.3 is 29.6 Å². The van der Waals surface area contributed by atoms with E-state index in [1.165, 1.54) is 36.7 Å². The first kappa shape index (κ1) is 31.5. The lowest BCUT2D eigenvalue weighted by atomic mass is 10.1. The fourth-order valence-electron chi connectivity index (χ4n) is 4.88. The molecule has 2 aromatic carbocycles. The lowest BCUT2D eigenvalue weighted by Gasteiger charge is -2.31. The number of anilines is 1. The number of sulfone groups is 1. The maximum Gasteiger partial charge on any atom is 0.501 e. The maximum atomic E-state index is 14.2. The molecule has 45 heavy (non-hydrogen) atoms. The number of quaternary nitrogens is 1. The number of benzene rings is 2. The summed E-state index contributed by atoms with van der Waals surface area (Å²) in [4.78, 5) is 52.8. The number of hydroxylamine groups is 3. The van der Waals surface area contributed by atoms with Crippen molar-refractivity contribution in [3.05, 3.63) is 96.4 Å². The number of amides is 3. The van der Waals surface area contributed by atoms with Gasteiger partial charge in [0.2, 0.25) is 6.04 Å². The first-order valence-corrected chi connectivity index (χ1v) is 14.3. The molecule has 0 radical (unpaired) electrons. The van der Waals surface area contributed by atoms with Crippen LogP contribution in [0, 0.1) is 0 Å². The normalized spacial score (nSPS) is 19.2. The summed E-state index contributed by atoms with van der Waals surface area (Å²) < 4.78 is 102. The van der Waals surface area contributed by atoms with Crippen molar-refractivity contribution in [3.8, 4) is 0 Å². The fourth-order valence-corrected chi connectivity index (χ4v) is 5.64. The van der Waals surface area contributed by atoms with E-state index in [1.54, 1.807) is 24.3 Å². The molecule has 0 N–H and O–H groups in total. The molecule has 0 bridgehead atoms. The molecule has 5 rings (SSSR count). The van der Waals surface area contributed by atoms with Crippen molar-refractivity contribution in [3.63, 3.8) is 0 Å². The first-order valence-electron chi connectivity index (χ1n) is 12.8. The largest absolute Gasteiger partial charge is 0.501 e. The van der Waals surface area contributed by atoms with Gasteiger partial charge < -0.3 is 0 Å². The van der Waals surface area contributed by atoms with E-state index in [0.29, 0.717) is 40.1 Å². The highest BCUT2D eigenvalue weighted by atomic mass is 32.2. The van der Waals surface area contributed by atoms with E-state index in [-0.39, 0.29) is 11.3 Å². The van der Waals surface area contributed by atoms with Crippen molar-refractivity contribution in [2.24, 2.45) is 0 Å². The predicted octanol–water partition coefficient (Wildman–Crippen LogP) is 5.04. The molecule has 0 aliphatic carbocycles. The number of nitrogens with zero attached hydrogens (tertiary/aromatic N) is 4. The van der Waals surface area contributed by atoms with E-state index < -0.39 is 73.7 Å². The number of urea groups is 1. The van der Waals surface area contributed by atoms with Gasteiger partial charge in [-0.3, -0.25) is 19.6 Å². The highest BCUT2D eigenvalue weighted by molar-refractivity contribution is 7.92. The van der Waals surface area contributed by atoms with E-state index >= 15 is 0 Å². The van der Waals surface area contributed by atoms with Crippen LogP contribution in [0.5, 0.6) is 0 Å². The summed E-state index contributed by atoms with van der Waals surface area (Å²) in [6.07, 6.45) is -3.50. The number of aromatic nitrogens is 2. The Morgan fingerprint density at radius 2 is 1.53 bits per heavy atom. The zero-order chi connectivity index (χ0) is 32.8. The summed E-state index contributed by atoms with van der Waals surface area (Å²) >= 11 is 0. The second kappa shape index (κ2) is 11.2. The van der Waals surface area contributed by atoms with Gasteiger partial charge in [-0.05, 0) is 53.2 Å². The van der Waals surface area contributed by atoms with Crippen LogP contribution in [0.3, 0.4) is 0 Å². The Labute approximate surface area is 249 Å². The van der Waals surface area contributed by atoms with Crippen LogP contribution in [0.25, 0.3) is 10.9 Å². The smallest absolute Gasteiger partial charge is 0.267 e. The molecule has 10 nitrogen and oxygen atoms in total. The average molecular weight is 654 g/mol. The van der Waals surface area contributed by atoms with Gasteiger partial charge in [-0.2, -0.15) is 31.2 Å². The number of pyridine rings is 2. The quantitative estimate of drug-likeness (QED) is 0.155. The fraction of sp³-hybridized carbons (Fsp3) is 0.179. The molecule has 2 atom stereocenters. The number of fused-ring (bicyclic) bond motifs is 1. The molecule has 0 spiro atoms. The van der Waals surface area contributed by atoms with Crippen LogP contribution in [0.1, 0.15) is 11.3 Å². The lowest BCUT2D eigenvalue weighted by molar-refractivity contribution is -1.04. The van der Waals surface area contributed by atoms with Gasteiger partial charge in [-0.1, -0.05) is 24.3 Å². The van der Waals surface area contributed by atoms with Crippen LogP contribution in [0.2, 0.25) is 0 Å². The minimum Gasteiger partial charge on any atom is -0.267 e. The Balaban J connectivity index is 1.69.